The molecule has 100 valence electrons. The molecular weight excluding hydrogens is 218 g/mol. The minimum absolute atomic E-state index is 0.581. The average molecular weight is 245 g/mol. The highest BCUT2D eigenvalue weighted by molar-refractivity contribution is 5.15. The van der Waals surface area contributed by atoms with Crippen molar-refractivity contribution in [3.05, 3.63) is 35.9 Å². The molecule has 3 unspecified atom stereocenters. The fourth-order valence-corrected chi connectivity index (χ4v) is 3.13. The van der Waals surface area contributed by atoms with E-state index in [0.29, 0.717) is 6.04 Å². The van der Waals surface area contributed by atoms with Gasteiger partial charge in [-0.1, -0.05) is 56.5 Å². The fraction of sp³-hybridized carbons (Fsp3) is 0.647. The van der Waals surface area contributed by atoms with E-state index in [9.17, 15) is 0 Å². The van der Waals surface area contributed by atoms with Crippen LogP contribution in [-0.4, -0.2) is 12.1 Å². The van der Waals surface area contributed by atoms with Crippen molar-refractivity contribution in [2.45, 2.75) is 64.5 Å². The Morgan fingerprint density at radius 1 is 1.11 bits per heavy atom. The molecule has 0 saturated heterocycles. The Labute approximate surface area is 112 Å². The van der Waals surface area contributed by atoms with Crippen LogP contribution in [0.25, 0.3) is 0 Å². The van der Waals surface area contributed by atoms with Crippen LogP contribution in [0.5, 0.6) is 0 Å². The molecule has 1 N–H and O–H groups in total. The first-order chi connectivity index (χ1) is 8.75. The molecule has 3 atom stereocenters. The van der Waals surface area contributed by atoms with Gasteiger partial charge in [0.15, 0.2) is 0 Å². The lowest BCUT2D eigenvalue weighted by Gasteiger charge is -2.27. The molecule has 0 spiro atoms. The van der Waals surface area contributed by atoms with Crippen LogP contribution < -0.4 is 5.32 Å². The maximum atomic E-state index is 3.86. The second-order valence-electron chi connectivity index (χ2n) is 5.98. The van der Waals surface area contributed by atoms with Gasteiger partial charge in [-0.25, -0.2) is 0 Å². The van der Waals surface area contributed by atoms with Gasteiger partial charge in [0.25, 0.3) is 0 Å². The zero-order valence-electron chi connectivity index (χ0n) is 11.9. The normalized spacial score (nSPS) is 26.6. The molecule has 0 amide bonds. The Morgan fingerprint density at radius 3 is 2.61 bits per heavy atom. The third kappa shape index (κ3) is 4.13. The lowest BCUT2D eigenvalue weighted by molar-refractivity contribution is 0.326. The zero-order valence-corrected chi connectivity index (χ0v) is 11.9. The maximum absolute atomic E-state index is 3.86. The first kappa shape index (κ1) is 13.6. The summed E-state index contributed by atoms with van der Waals surface area (Å²) in [5.41, 5.74) is 1.44. The second-order valence-corrected chi connectivity index (χ2v) is 5.98. The Hall–Kier alpha value is -0.820. The molecule has 18 heavy (non-hydrogen) atoms. The standard InChI is InChI=1S/C17H27N/c1-14-9-5-3-8-12-17(14)18-15(2)13-16-10-6-4-7-11-16/h4,6-7,10-11,14-15,17-18H,3,5,8-9,12-13H2,1-2H3. The van der Waals surface area contributed by atoms with Crippen molar-refractivity contribution in [2.24, 2.45) is 5.92 Å². The molecule has 1 aliphatic carbocycles. The van der Waals surface area contributed by atoms with E-state index in [1.54, 1.807) is 0 Å². The van der Waals surface area contributed by atoms with E-state index in [1.165, 1.54) is 37.7 Å². The van der Waals surface area contributed by atoms with E-state index in [2.05, 4.69) is 49.5 Å². The molecule has 0 aromatic heterocycles. The highest BCUT2D eigenvalue weighted by atomic mass is 14.9. The summed E-state index contributed by atoms with van der Waals surface area (Å²) < 4.78 is 0. The van der Waals surface area contributed by atoms with E-state index in [4.69, 9.17) is 0 Å². The zero-order chi connectivity index (χ0) is 12.8. The number of rotatable bonds is 4. The molecule has 0 bridgehead atoms. The van der Waals surface area contributed by atoms with Gasteiger partial charge in [0.05, 0.1) is 0 Å². The molecule has 1 aliphatic rings. The molecule has 0 radical (unpaired) electrons. The predicted molar refractivity (Wildman–Crippen MR) is 78.8 cm³/mol. The van der Waals surface area contributed by atoms with Gasteiger partial charge in [-0.3, -0.25) is 0 Å². The van der Waals surface area contributed by atoms with Gasteiger partial charge in [0, 0.05) is 12.1 Å². The minimum atomic E-state index is 0.581. The van der Waals surface area contributed by atoms with Crippen LogP contribution in [-0.2, 0) is 6.42 Å². The van der Waals surface area contributed by atoms with Crippen LogP contribution in [0.2, 0.25) is 0 Å². The van der Waals surface area contributed by atoms with Crippen LogP contribution in [0.15, 0.2) is 30.3 Å². The van der Waals surface area contributed by atoms with Crippen molar-refractivity contribution >= 4 is 0 Å². The van der Waals surface area contributed by atoms with Crippen molar-refractivity contribution in [1.29, 1.82) is 0 Å². The highest BCUT2D eigenvalue weighted by Gasteiger charge is 2.21. The van der Waals surface area contributed by atoms with Crippen molar-refractivity contribution < 1.29 is 0 Å². The van der Waals surface area contributed by atoms with Crippen LogP contribution in [0.4, 0.5) is 0 Å². The maximum Gasteiger partial charge on any atom is 0.00952 e. The lowest BCUT2D eigenvalue weighted by atomic mass is 9.95. The van der Waals surface area contributed by atoms with Gasteiger partial charge < -0.3 is 5.32 Å². The summed E-state index contributed by atoms with van der Waals surface area (Å²) in [6.07, 6.45) is 8.15. The lowest BCUT2D eigenvalue weighted by Crippen LogP contribution is -2.41. The van der Waals surface area contributed by atoms with Crippen LogP contribution in [0, 0.1) is 5.92 Å². The Balaban J connectivity index is 1.84. The molecule has 2 rings (SSSR count). The highest BCUT2D eigenvalue weighted by Crippen LogP contribution is 2.23. The molecule has 1 fully saturated rings. The van der Waals surface area contributed by atoms with Crippen LogP contribution in [0.3, 0.4) is 0 Å². The third-order valence-electron chi connectivity index (χ3n) is 4.24. The van der Waals surface area contributed by atoms with Crippen molar-refractivity contribution in [2.75, 3.05) is 0 Å². The van der Waals surface area contributed by atoms with Crippen molar-refractivity contribution in [1.82, 2.24) is 5.32 Å². The van der Waals surface area contributed by atoms with Gasteiger partial charge in [0.2, 0.25) is 0 Å². The van der Waals surface area contributed by atoms with E-state index < -0.39 is 0 Å². The average Bonchev–Trinajstić information content (AvgIpc) is 2.56. The van der Waals surface area contributed by atoms with Crippen LogP contribution in [0.1, 0.15) is 51.5 Å². The summed E-state index contributed by atoms with van der Waals surface area (Å²) in [4.78, 5) is 0. The summed E-state index contributed by atoms with van der Waals surface area (Å²) in [5, 5.41) is 3.86. The van der Waals surface area contributed by atoms with Gasteiger partial charge in [0.1, 0.15) is 0 Å². The SMILES string of the molecule is CC(Cc1ccccc1)NC1CCCCCC1C. The number of benzene rings is 1. The number of nitrogens with one attached hydrogen (secondary N) is 1. The molecule has 1 aromatic rings. The Kier molecular flexibility index (Phi) is 5.25. The fourth-order valence-electron chi connectivity index (χ4n) is 3.13. The molecule has 1 aromatic carbocycles. The first-order valence-electron chi connectivity index (χ1n) is 7.55. The van der Waals surface area contributed by atoms with E-state index in [0.717, 1.165) is 18.4 Å². The van der Waals surface area contributed by atoms with Gasteiger partial charge in [-0.15, -0.1) is 0 Å². The predicted octanol–water partition coefficient (Wildman–Crippen LogP) is 4.18. The molecule has 1 nitrogen and oxygen atoms in total. The number of hydrogen-bond donors (Lipinski definition) is 1. The monoisotopic (exact) mass is 245 g/mol. The van der Waals surface area contributed by atoms with E-state index >= 15 is 0 Å². The topological polar surface area (TPSA) is 12.0 Å². The van der Waals surface area contributed by atoms with Gasteiger partial charge in [-0.05, 0) is 37.7 Å². The second kappa shape index (κ2) is 6.94. The molecular formula is C17H27N. The van der Waals surface area contributed by atoms with Crippen molar-refractivity contribution in [3.63, 3.8) is 0 Å². The number of hydrogen-bond acceptors (Lipinski definition) is 1. The largest absolute Gasteiger partial charge is 0.311 e. The Morgan fingerprint density at radius 2 is 1.83 bits per heavy atom. The summed E-state index contributed by atoms with van der Waals surface area (Å²) in [6, 6.07) is 12.1. The van der Waals surface area contributed by atoms with Gasteiger partial charge >= 0.3 is 0 Å². The molecule has 0 heterocycles. The van der Waals surface area contributed by atoms with Crippen molar-refractivity contribution in [3.8, 4) is 0 Å². The van der Waals surface area contributed by atoms with Crippen LogP contribution >= 0.6 is 0 Å². The summed E-state index contributed by atoms with van der Waals surface area (Å²) >= 11 is 0. The van der Waals surface area contributed by atoms with E-state index in [-0.39, 0.29) is 0 Å². The minimum Gasteiger partial charge on any atom is -0.311 e. The summed E-state index contributed by atoms with van der Waals surface area (Å²) in [5.74, 6) is 0.839. The third-order valence-corrected chi connectivity index (χ3v) is 4.24. The smallest absolute Gasteiger partial charge is 0.00952 e. The quantitative estimate of drug-likeness (QED) is 0.785. The molecule has 1 heteroatoms. The van der Waals surface area contributed by atoms with Gasteiger partial charge in [-0.2, -0.15) is 0 Å². The Bertz CT molecular complexity index is 333. The summed E-state index contributed by atoms with van der Waals surface area (Å²) in [6.45, 7) is 4.74. The molecule has 1 saturated carbocycles. The summed E-state index contributed by atoms with van der Waals surface area (Å²) in [7, 11) is 0. The molecule has 0 aliphatic heterocycles. The first-order valence-corrected chi connectivity index (χ1v) is 7.55. The van der Waals surface area contributed by atoms with E-state index in [1.807, 2.05) is 0 Å².